The van der Waals surface area contributed by atoms with Gasteiger partial charge in [0.2, 0.25) is 0 Å². The number of fused-ring (bicyclic) bond motifs is 1. The Labute approximate surface area is 129 Å². The first-order valence-electron chi connectivity index (χ1n) is 7.26. The van der Waals surface area contributed by atoms with Gasteiger partial charge in [-0.15, -0.1) is 0 Å². The minimum Gasteiger partial charge on any atom is -0.374 e. The number of pyridine rings is 1. The van der Waals surface area contributed by atoms with Crippen LogP contribution in [0, 0.1) is 0 Å². The lowest BCUT2D eigenvalue weighted by Gasteiger charge is -2.10. The van der Waals surface area contributed by atoms with Gasteiger partial charge in [-0.3, -0.25) is 4.98 Å². The van der Waals surface area contributed by atoms with E-state index in [4.69, 9.17) is 4.74 Å². The first-order valence-corrected chi connectivity index (χ1v) is 7.26. The zero-order valence-electron chi connectivity index (χ0n) is 12.7. The molecule has 0 amide bonds. The fraction of sp³-hybridized carbons (Fsp3) is 0.235. The van der Waals surface area contributed by atoms with E-state index in [1.165, 1.54) is 0 Å². The standard InChI is InChI=1S/C17H18N4O/c1-12(2)22-11-13-4-3-5-14(10-13)20-16-7-6-15-17(21-16)19-9-8-18-15/h3-10,12H,11H2,1-2H3,(H,19,20,21). The highest BCUT2D eigenvalue weighted by atomic mass is 16.5. The third-order valence-electron chi connectivity index (χ3n) is 3.11. The molecule has 112 valence electrons. The summed E-state index contributed by atoms with van der Waals surface area (Å²) < 4.78 is 5.63. The van der Waals surface area contributed by atoms with Crippen molar-refractivity contribution in [3.8, 4) is 0 Å². The van der Waals surface area contributed by atoms with E-state index in [0.29, 0.717) is 12.3 Å². The van der Waals surface area contributed by atoms with Crippen LogP contribution in [0.25, 0.3) is 11.2 Å². The van der Waals surface area contributed by atoms with Crippen LogP contribution in [0.4, 0.5) is 11.5 Å². The summed E-state index contributed by atoms with van der Waals surface area (Å²) in [5.74, 6) is 0.745. The number of rotatable bonds is 5. The molecule has 2 aromatic heterocycles. The Morgan fingerprint density at radius 1 is 1.09 bits per heavy atom. The van der Waals surface area contributed by atoms with Gasteiger partial charge in [-0.25, -0.2) is 9.97 Å². The zero-order valence-corrected chi connectivity index (χ0v) is 12.7. The van der Waals surface area contributed by atoms with Crippen molar-refractivity contribution >= 4 is 22.7 Å². The summed E-state index contributed by atoms with van der Waals surface area (Å²) >= 11 is 0. The SMILES string of the molecule is CC(C)OCc1cccc(Nc2ccc3nccnc3n2)c1. The maximum absolute atomic E-state index is 5.63. The van der Waals surface area contributed by atoms with Crippen LogP contribution in [-0.2, 0) is 11.3 Å². The minimum atomic E-state index is 0.220. The minimum absolute atomic E-state index is 0.220. The van der Waals surface area contributed by atoms with Gasteiger partial charge in [0.1, 0.15) is 11.3 Å². The summed E-state index contributed by atoms with van der Waals surface area (Å²) in [4.78, 5) is 12.9. The van der Waals surface area contributed by atoms with Gasteiger partial charge in [0.25, 0.3) is 0 Å². The van der Waals surface area contributed by atoms with Gasteiger partial charge in [0, 0.05) is 18.1 Å². The summed E-state index contributed by atoms with van der Waals surface area (Å²) in [5, 5.41) is 3.29. The molecule has 0 saturated carbocycles. The number of aromatic nitrogens is 3. The van der Waals surface area contributed by atoms with Crippen LogP contribution in [0.2, 0.25) is 0 Å². The number of hydrogen-bond acceptors (Lipinski definition) is 5. The van der Waals surface area contributed by atoms with Crippen molar-refractivity contribution in [2.45, 2.75) is 26.6 Å². The van der Waals surface area contributed by atoms with E-state index in [1.807, 2.05) is 44.2 Å². The summed E-state index contributed by atoms with van der Waals surface area (Å²) in [5.41, 5.74) is 3.51. The van der Waals surface area contributed by atoms with Gasteiger partial charge in [0.15, 0.2) is 5.65 Å². The van der Waals surface area contributed by atoms with E-state index < -0.39 is 0 Å². The number of anilines is 2. The lowest BCUT2D eigenvalue weighted by atomic mass is 10.2. The number of ether oxygens (including phenoxy) is 1. The number of hydrogen-bond donors (Lipinski definition) is 1. The summed E-state index contributed by atoms with van der Waals surface area (Å²) in [7, 11) is 0. The van der Waals surface area contributed by atoms with Gasteiger partial charge in [0.05, 0.1) is 12.7 Å². The van der Waals surface area contributed by atoms with E-state index >= 15 is 0 Å². The van der Waals surface area contributed by atoms with Crippen molar-refractivity contribution in [1.29, 1.82) is 0 Å². The summed E-state index contributed by atoms with van der Waals surface area (Å²) in [6.45, 7) is 4.66. The number of benzene rings is 1. The molecule has 1 aromatic carbocycles. The van der Waals surface area contributed by atoms with Crippen molar-refractivity contribution < 1.29 is 4.74 Å². The maximum Gasteiger partial charge on any atom is 0.180 e. The molecule has 22 heavy (non-hydrogen) atoms. The van der Waals surface area contributed by atoms with Crippen LogP contribution < -0.4 is 5.32 Å². The van der Waals surface area contributed by atoms with Crippen molar-refractivity contribution in [1.82, 2.24) is 15.0 Å². The van der Waals surface area contributed by atoms with E-state index in [1.54, 1.807) is 12.4 Å². The Morgan fingerprint density at radius 2 is 1.95 bits per heavy atom. The number of nitrogens with one attached hydrogen (secondary N) is 1. The molecule has 0 spiro atoms. The van der Waals surface area contributed by atoms with Gasteiger partial charge in [-0.05, 0) is 43.7 Å². The molecule has 0 radical (unpaired) electrons. The molecule has 3 rings (SSSR count). The smallest absolute Gasteiger partial charge is 0.180 e. The lowest BCUT2D eigenvalue weighted by molar-refractivity contribution is 0.0657. The van der Waals surface area contributed by atoms with Crippen LogP contribution >= 0.6 is 0 Å². The highest BCUT2D eigenvalue weighted by Crippen LogP contribution is 2.18. The van der Waals surface area contributed by atoms with Gasteiger partial charge in [-0.2, -0.15) is 0 Å². The van der Waals surface area contributed by atoms with Crippen molar-refractivity contribution in [3.63, 3.8) is 0 Å². The molecule has 0 unspecified atom stereocenters. The fourth-order valence-electron chi connectivity index (χ4n) is 2.07. The van der Waals surface area contributed by atoms with Crippen molar-refractivity contribution in [3.05, 3.63) is 54.4 Å². The fourth-order valence-corrected chi connectivity index (χ4v) is 2.07. The third kappa shape index (κ3) is 3.56. The van der Waals surface area contributed by atoms with E-state index in [9.17, 15) is 0 Å². The Bertz CT molecular complexity index is 773. The molecule has 0 fully saturated rings. The van der Waals surface area contributed by atoms with E-state index in [-0.39, 0.29) is 6.10 Å². The Balaban J connectivity index is 1.77. The summed E-state index contributed by atoms with van der Waals surface area (Å²) in [6.07, 6.45) is 3.52. The first kappa shape index (κ1) is 14.4. The van der Waals surface area contributed by atoms with Crippen LogP contribution in [0.3, 0.4) is 0 Å². The Hall–Kier alpha value is -2.53. The van der Waals surface area contributed by atoms with Crippen LogP contribution in [0.15, 0.2) is 48.8 Å². The molecule has 0 aliphatic heterocycles. The van der Waals surface area contributed by atoms with E-state index in [2.05, 4.69) is 26.3 Å². The van der Waals surface area contributed by atoms with Gasteiger partial charge in [-0.1, -0.05) is 12.1 Å². The molecule has 5 heteroatoms. The molecule has 1 N–H and O–H groups in total. The second-order valence-electron chi connectivity index (χ2n) is 5.28. The average Bonchev–Trinajstić information content (AvgIpc) is 2.53. The van der Waals surface area contributed by atoms with E-state index in [0.717, 1.165) is 22.6 Å². The largest absolute Gasteiger partial charge is 0.374 e. The second-order valence-corrected chi connectivity index (χ2v) is 5.28. The van der Waals surface area contributed by atoms with Crippen molar-refractivity contribution in [2.24, 2.45) is 0 Å². The Kier molecular flexibility index (Phi) is 4.25. The molecule has 0 aliphatic carbocycles. The second kappa shape index (κ2) is 6.49. The average molecular weight is 294 g/mol. The first-order chi connectivity index (χ1) is 10.7. The highest BCUT2D eigenvalue weighted by molar-refractivity contribution is 5.72. The van der Waals surface area contributed by atoms with Crippen LogP contribution in [0.1, 0.15) is 19.4 Å². The topological polar surface area (TPSA) is 59.9 Å². The molecular formula is C17H18N4O. The Morgan fingerprint density at radius 3 is 2.82 bits per heavy atom. The highest BCUT2D eigenvalue weighted by Gasteiger charge is 2.02. The molecule has 3 aromatic rings. The lowest BCUT2D eigenvalue weighted by Crippen LogP contribution is -2.02. The molecule has 5 nitrogen and oxygen atoms in total. The number of nitrogens with zero attached hydrogens (tertiary/aromatic N) is 3. The van der Waals surface area contributed by atoms with Crippen LogP contribution in [0.5, 0.6) is 0 Å². The van der Waals surface area contributed by atoms with Crippen molar-refractivity contribution in [2.75, 3.05) is 5.32 Å². The quantitative estimate of drug-likeness (QED) is 0.777. The molecule has 2 heterocycles. The zero-order chi connectivity index (χ0) is 15.4. The van der Waals surface area contributed by atoms with Gasteiger partial charge >= 0.3 is 0 Å². The normalized spacial score (nSPS) is 11.0. The molecule has 0 saturated heterocycles. The monoisotopic (exact) mass is 294 g/mol. The molecule has 0 bridgehead atoms. The van der Waals surface area contributed by atoms with Crippen LogP contribution in [-0.4, -0.2) is 21.1 Å². The predicted octanol–water partition coefficient (Wildman–Crippen LogP) is 3.69. The summed E-state index contributed by atoms with van der Waals surface area (Å²) in [6, 6.07) is 11.9. The molecule has 0 aliphatic rings. The maximum atomic E-state index is 5.63. The van der Waals surface area contributed by atoms with Gasteiger partial charge < -0.3 is 10.1 Å². The molecular weight excluding hydrogens is 276 g/mol. The predicted molar refractivity (Wildman–Crippen MR) is 87.0 cm³/mol. The molecule has 0 atom stereocenters. The third-order valence-corrected chi connectivity index (χ3v) is 3.11.